The molecule has 0 aromatic carbocycles. The summed E-state index contributed by atoms with van der Waals surface area (Å²) < 4.78 is 5.25. The van der Waals surface area contributed by atoms with E-state index in [9.17, 15) is 4.79 Å². The monoisotopic (exact) mass is 154 g/mol. The molecule has 2 rings (SSSR count). The maximum absolute atomic E-state index is 11.2. The molecule has 2 saturated carbocycles. The van der Waals surface area contributed by atoms with E-state index >= 15 is 0 Å². The van der Waals surface area contributed by atoms with Crippen LogP contribution in [0.3, 0.4) is 0 Å². The standard InChI is InChI=1S/C9H14O2/c10-9(7-3-1-4-7)11-8-5-2-6-8/h7-8H,1-6H2. The van der Waals surface area contributed by atoms with Crippen LogP contribution in [0.2, 0.25) is 0 Å². The maximum atomic E-state index is 11.2. The van der Waals surface area contributed by atoms with E-state index in [2.05, 4.69) is 0 Å². The Hall–Kier alpha value is -0.530. The summed E-state index contributed by atoms with van der Waals surface area (Å²) in [5, 5.41) is 0. The Balaban J connectivity index is 1.71. The van der Waals surface area contributed by atoms with Crippen LogP contribution in [0.15, 0.2) is 0 Å². The largest absolute Gasteiger partial charge is 0.462 e. The van der Waals surface area contributed by atoms with Crippen LogP contribution >= 0.6 is 0 Å². The first-order valence-corrected chi connectivity index (χ1v) is 4.57. The quantitative estimate of drug-likeness (QED) is 0.568. The lowest BCUT2D eigenvalue weighted by molar-refractivity contribution is -0.160. The summed E-state index contributed by atoms with van der Waals surface area (Å²) in [4.78, 5) is 11.2. The molecule has 0 aliphatic heterocycles. The fourth-order valence-corrected chi connectivity index (χ4v) is 1.39. The Kier molecular flexibility index (Phi) is 1.84. The summed E-state index contributed by atoms with van der Waals surface area (Å²) in [6, 6.07) is 0. The lowest BCUT2D eigenvalue weighted by atomic mass is 9.85. The minimum Gasteiger partial charge on any atom is -0.462 e. The third-order valence-electron chi connectivity index (χ3n) is 2.77. The van der Waals surface area contributed by atoms with Gasteiger partial charge in [0.15, 0.2) is 0 Å². The highest BCUT2D eigenvalue weighted by Crippen LogP contribution is 2.30. The van der Waals surface area contributed by atoms with Crippen molar-refractivity contribution in [1.82, 2.24) is 0 Å². The number of carbonyl (C=O) groups excluding carboxylic acids is 1. The number of ether oxygens (including phenoxy) is 1. The number of carbonyl (C=O) groups is 1. The number of hydrogen-bond donors (Lipinski definition) is 0. The molecule has 0 bridgehead atoms. The summed E-state index contributed by atoms with van der Waals surface area (Å²) in [6.07, 6.45) is 7.05. The molecular formula is C9H14O2. The number of hydrogen-bond acceptors (Lipinski definition) is 2. The second kappa shape index (κ2) is 2.84. The highest BCUT2D eigenvalue weighted by atomic mass is 16.5. The van der Waals surface area contributed by atoms with Crippen molar-refractivity contribution in [3.05, 3.63) is 0 Å². The van der Waals surface area contributed by atoms with Crippen molar-refractivity contribution in [2.75, 3.05) is 0 Å². The first-order valence-electron chi connectivity index (χ1n) is 4.57. The summed E-state index contributed by atoms with van der Waals surface area (Å²) in [5.41, 5.74) is 0. The first-order chi connectivity index (χ1) is 5.36. The Labute approximate surface area is 66.9 Å². The minimum atomic E-state index is 0.0703. The van der Waals surface area contributed by atoms with Gasteiger partial charge in [0.2, 0.25) is 0 Å². The van der Waals surface area contributed by atoms with E-state index in [0.29, 0.717) is 0 Å². The molecule has 2 nitrogen and oxygen atoms in total. The van der Waals surface area contributed by atoms with E-state index in [1.165, 1.54) is 12.8 Å². The zero-order valence-electron chi connectivity index (χ0n) is 6.71. The van der Waals surface area contributed by atoms with Crippen LogP contribution < -0.4 is 0 Å². The van der Waals surface area contributed by atoms with E-state index in [0.717, 1.165) is 25.7 Å². The summed E-state index contributed by atoms with van der Waals surface area (Å²) in [5.74, 6) is 0.330. The van der Waals surface area contributed by atoms with Crippen LogP contribution in [0.25, 0.3) is 0 Å². The maximum Gasteiger partial charge on any atom is 0.309 e. The van der Waals surface area contributed by atoms with Crippen molar-refractivity contribution < 1.29 is 9.53 Å². The predicted molar refractivity (Wildman–Crippen MR) is 41.1 cm³/mol. The van der Waals surface area contributed by atoms with Crippen molar-refractivity contribution >= 4 is 5.97 Å². The molecule has 0 saturated heterocycles. The van der Waals surface area contributed by atoms with Crippen LogP contribution in [0.1, 0.15) is 38.5 Å². The molecular weight excluding hydrogens is 140 g/mol. The SMILES string of the molecule is O=C(OC1CCC1)C1CCC1. The molecule has 2 heteroatoms. The molecule has 0 N–H and O–H groups in total. The van der Waals surface area contributed by atoms with E-state index in [4.69, 9.17) is 4.74 Å². The predicted octanol–water partition coefficient (Wildman–Crippen LogP) is 1.88. The van der Waals surface area contributed by atoms with E-state index in [1.807, 2.05) is 0 Å². The van der Waals surface area contributed by atoms with Gasteiger partial charge in [0.25, 0.3) is 0 Å². The summed E-state index contributed by atoms with van der Waals surface area (Å²) in [7, 11) is 0. The second-order valence-corrected chi connectivity index (χ2v) is 3.62. The lowest BCUT2D eigenvalue weighted by Crippen LogP contribution is -2.31. The molecule has 0 atom stereocenters. The van der Waals surface area contributed by atoms with Crippen molar-refractivity contribution in [1.29, 1.82) is 0 Å². The van der Waals surface area contributed by atoms with Gasteiger partial charge in [0.1, 0.15) is 6.10 Å². The lowest BCUT2D eigenvalue weighted by Gasteiger charge is -2.30. The molecule has 2 fully saturated rings. The van der Waals surface area contributed by atoms with Gasteiger partial charge >= 0.3 is 5.97 Å². The molecule has 2 aliphatic carbocycles. The second-order valence-electron chi connectivity index (χ2n) is 3.62. The van der Waals surface area contributed by atoms with Gasteiger partial charge in [-0.3, -0.25) is 4.79 Å². The van der Waals surface area contributed by atoms with Gasteiger partial charge in [0, 0.05) is 0 Å². The van der Waals surface area contributed by atoms with Crippen molar-refractivity contribution in [2.24, 2.45) is 5.92 Å². The zero-order valence-corrected chi connectivity index (χ0v) is 6.71. The molecule has 0 unspecified atom stereocenters. The topological polar surface area (TPSA) is 26.3 Å². The third-order valence-corrected chi connectivity index (χ3v) is 2.77. The van der Waals surface area contributed by atoms with Gasteiger partial charge in [-0.05, 0) is 32.1 Å². The zero-order chi connectivity index (χ0) is 7.68. The van der Waals surface area contributed by atoms with Gasteiger partial charge in [-0.1, -0.05) is 6.42 Å². The Morgan fingerprint density at radius 1 is 1.09 bits per heavy atom. The highest BCUT2D eigenvalue weighted by molar-refractivity contribution is 5.73. The van der Waals surface area contributed by atoms with Crippen LogP contribution in [-0.2, 0) is 9.53 Å². The van der Waals surface area contributed by atoms with Gasteiger partial charge in [-0.25, -0.2) is 0 Å². The van der Waals surface area contributed by atoms with Crippen molar-refractivity contribution in [3.8, 4) is 0 Å². The average molecular weight is 154 g/mol. The molecule has 11 heavy (non-hydrogen) atoms. The van der Waals surface area contributed by atoms with Gasteiger partial charge in [-0.15, -0.1) is 0 Å². The number of rotatable bonds is 2. The molecule has 2 aliphatic rings. The fourth-order valence-electron chi connectivity index (χ4n) is 1.39. The first kappa shape index (κ1) is 7.14. The summed E-state index contributed by atoms with van der Waals surface area (Å²) in [6.45, 7) is 0. The van der Waals surface area contributed by atoms with Crippen molar-refractivity contribution in [2.45, 2.75) is 44.6 Å². The third kappa shape index (κ3) is 1.39. The van der Waals surface area contributed by atoms with Crippen LogP contribution in [0.5, 0.6) is 0 Å². The molecule has 0 radical (unpaired) electrons. The van der Waals surface area contributed by atoms with Gasteiger partial charge in [0.05, 0.1) is 5.92 Å². The molecule has 0 aromatic heterocycles. The van der Waals surface area contributed by atoms with Crippen LogP contribution in [-0.4, -0.2) is 12.1 Å². The fraction of sp³-hybridized carbons (Fsp3) is 0.889. The van der Waals surface area contributed by atoms with Crippen LogP contribution in [0, 0.1) is 5.92 Å². The van der Waals surface area contributed by atoms with Gasteiger partial charge < -0.3 is 4.74 Å². The van der Waals surface area contributed by atoms with E-state index in [1.54, 1.807) is 0 Å². The molecule has 0 aromatic rings. The molecule has 62 valence electrons. The molecule has 0 spiro atoms. The summed E-state index contributed by atoms with van der Waals surface area (Å²) >= 11 is 0. The number of esters is 1. The minimum absolute atomic E-state index is 0.0703. The Bertz CT molecular complexity index is 157. The average Bonchev–Trinajstić information content (AvgIpc) is 1.74. The van der Waals surface area contributed by atoms with E-state index < -0.39 is 0 Å². The normalized spacial score (nSPS) is 25.5. The van der Waals surface area contributed by atoms with E-state index in [-0.39, 0.29) is 18.0 Å². The highest BCUT2D eigenvalue weighted by Gasteiger charge is 2.30. The van der Waals surface area contributed by atoms with Crippen LogP contribution in [0.4, 0.5) is 0 Å². The van der Waals surface area contributed by atoms with Crippen molar-refractivity contribution in [3.63, 3.8) is 0 Å². The Morgan fingerprint density at radius 2 is 1.73 bits per heavy atom. The van der Waals surface area contributed by atoms with Gasteiger partial charge in [-0.2, -0.15) is 0 Å². The molecule has 0 amide bonds. The Morgan fingerprint density at radius 3 is 2.09 bits per heavy atom. The molecule has 0 heterocycles. The smallest absolute Gasteiger partial charge is 0.309 e.